The lowest BCUT2D eigenvalue weighted by Crippen LogP contribution is -2.22. The predicted molar refractivity (Wildman–Crippen MR) is 82.3 cm³/mol. The average molecular weight is 263 g/mol. The third kappa shape index (κ3) is 4.03. The summed E-state index contributed by atoms with van der Waals surface area (Å²) < 4.78 is 0. The second-order valence-corrected chi connectivity index (χ2v) is 7.62. The monoisotopic (exact) mass is 263 g/mol. The Kier molecular flexibility index (Phi) is 4.74. The molecule has 0 bridgehead atoms. The first-order chi connectivity index (χ1) is 8.55. The lowest BCUT2D eigenvalue weighted by molar-refractivity contribution is 0.589. The first-order valence-corrected chi connectivity index (χ1v) is 8.02. The van der Waals surface area contributed by atoms with Gasteiger partial charge in [0.25, 0.3) is 0 Å². The Hall–Kier alpha value is -0.470. The topological polar surface area (TPSA) is 12.0 Å². The number of nitrogens with one attached hydrogen (secondary N) is 1. The van der Waals surface area contributed by atoms with Gasteiger partial charge in [-0.1, -0.05) is 45.0 Å². The molecule has 2 rings (SSSR count). The van der Waals surface area contributed by atoms with E-state index in [-0.39, 0.29) is 5.41 Å². The Balaban J connectivity index is 1.79. The Morgan fingerprint density at radius 3 is 2.50 bits per heavy atom. The minimum atomic E-state index is 0.256. The summed E-state index contributed by atoms with van der Waals surface area (Å²) in [5.74, 6) is 1.35. The van der Waals surface area contributed by atoms with Gasteiger partial charge in [-0.15, -0.1) is 0 Å². The van der Waals surface area contributed by atoms with E-state index in [9.17, 15) is 0 Å². The van der Waals surface area contributed by atoms with Gasteiger partial charge in [-0.25, -0.2) is 0 Å². The molecule has 100 valence electrons. The van der Waals surface area contributed by atoms with Crippen molar-refractivity contribution in [1.29, 1.82) is 0 Å². The van der Waals surface area contributed by atoms with Crippen LogP contribution in [0.5, 0.6) is 0 Å². The maximum atomic E-state index is 3.58. The van der Waals surface area contributed by atoms with Crippen molar-refractivity contribution in [3.05, 3.63) is 35.4 Å². The second kappa shape index (κ2) is 6.12. The summed E-state index contributed by atoms with van der Waals surface area (Å²) in [5.41, 5.74) is 3.07. The number of hydrogen-bond donors (Lipinski definition) is 1. The van der Waals surface area contributed by atoms with E-state index in [0.717, 1.165) is 18.3 Å². The van der Waals surface area contributed by atoms with E-state index in [4.69, 9.17) is 0 Å². The molecule has 0 saturated carbocycles. The first kappa shape index (κ1) is 14.0. The largest absolute Gasteiger partial charge is 0.312 e. The van der Waals surface area contributed by atoms with Crippen LogP contribution in [0.4, 0.5) is 0 Å². The van der Waals surface area contributed by atoms with E-state index < -0.39 is 0 Å². The van der Waals surface area contributed by atoms with Crippen LogP contribution in [0.25, 0.3) is 0 Å². The lowest BCUT2D eigenvalue weighted by Gasteiger charge is -2.19. The van der Waals surface area contributed by atoms with Gasteiger partial charge in [-0.05, 0) is 35.1 Å². The molecule has 1 unspecified atom stereocenters. The summed E-state index contributed by atoms with van der Waals surface area (Å²) >= 11 is 2.12. The average Bonchev–Trinajstić information content (AvgIpc) is 2.82. The fraction of sp³-hybridized carbons (Fsp3) is 0.625. The van der Waals surface area contributed by atoms with Gasteiger partial charge in [0, 0.05) is 18.3 Å². The molecule has 1 N–H and O–H groups in total. The van der Waals surface area contributed by atoms with Crippen molar-refractivity contribution in [1.82, 2.24) is 5.32 Å². The van der Waals surface area contributed by atoms with Crippen LogP contribution in [0.2, 0.25) is 0 Å². The van der Waals surface area contributed by atoms with Gasteiger partial charge < -0.3 is 5.32 Å². The van der Waals surface area contributed by atoms with Gasteiger partial charge in [0.1, 0.15) is 0 Å². The quantitative estimate of drug-likeness (QED) is 0.882. The predicted octanol–water partition coefficient (Wildman–Crippen LogP) is 3.97. The number of benzene rings is 1. The van der Waals surface area contributed by atoms with E-state index in [0.29, 0.717) is 0 Å². The summed E-state index contributed by atoms with van der Waals surface area (Å²) in [6.07, 6.45) is 2.79. The van der Waals surface area contributed by atoms with Gasteiger partial charge in [0.2, 0.25) is 0 Å². The standard InChI is InChI=1S/C16H25NS/c1-16(2,3)14-8-6-13(7-9-14)11-17-12-15-5-4-10-18-15/h6-9,15,17H,4-5,10-12H2,1-3H3. The van der Waals surface area contributed by atoms with Crippen LogP contribution in [0.1, 0.15) is 44.7 Å². The third-order valence-corrected chi connectivity index (χ3v) is 4.94. The van der Waals surface area contributed by atoms with Crippen molar-refractivity contribution in [2.45, 2.75) is 50.8 Å². The van der Waals surface area contributed by atoms with Crippen LogP contribution in [0.3, 0.4) is 0 Å². The van der Waals surface area contributed by atoms with E-state index in [1.165, 1.54) is 29.7 Å². The molecule has 0 spiro atoms. The Morgan fingerprint density at radius 1 is 1.22 bits per heavy atom. The molecule has 1 aliphatic rings. The van der Waals surface area contributed by atoms with Crippen LogP contribution in [-0.2, 0) is 12.0 Å². The lowest BCUT2D eigenvalue weighted by atomic mass is 9.87. The number of thioether (sulfide) groups is 1. The molecule has 1 nitrogen and oxygen atoms in total. The van der Waals surface area contributed by atoms with Crippen LogP contribution < -0.4 is 5.32 Å². The highest BCUT2D eigenvalue weighted by Gasteiger charge is 2.15. The van der Waals surface area contributed by atoms with Crippen molar-refractivity contribution >= 4 is 11.8 Å². The maximum absolute atomic E-state index is 3.58. The van der Waals surface area contributed by atoms with Gasteiger partial charge in [-0.3, -0.25) is 0 Å². The smallest absolute Gasteiger partial charge is 0.0205 e. The molecule has 0 aliphatic carbocycles. The summed E-state index contributed by atoms with van der Waals surface area (Å²) in [6.45, 7) is 8.94. The first-order valence-electron chi connectivity index (χ1n) is 6.97. The SMILES string of the molecule is CC(C)(C)c1ccc(CNCC2CCCS2)cc1. The minimum absolute atomic E-state index is 0.256. The molecule has 1 aromatic carbocycles. The number of rotatable bonds is 4. The van der Waals surface area contributed by atoms with Crippen molar-refractivity contribution < 1.29 is 0 Å². The van der Waals surface area contributed by atoms with E-state index >= 15 is 0 Å². The van der Waals surface area contributed by atoms with E-state index in [1.54, 1.807) is 0 Å². The van der Waals surface area contributed by atoms with Gasteiger partial charge in [-0.2, -0.15) is 11.8 Å². The van der Waals surface area contributed by atoms with Gasteiger partial charge in [0.05, 0.1) is 0 Å². The zero-order chi connectivity index (χ0) is 13.0. The Morgan fingerprint density at radius 2 is 1.94 bits per heavy atom. The highest BCUT2D eigenvalue weighted by atomic mass is 32.2. The molecule has 0 radical (unpaired) electrons. The van der Waals surface area contributed by atoms with Crippen LogP contribution in [0.15, 0.2) is 24.3 Å². The van der Waals surface area contributed by atoms with Gasteiger partial charge in [0.15, 0.2) is 0 Å². The molecule has 1 aromatic rings. The van der Waals surface area contributed by atoms with Crippen molar-refractivity contribution in [3.63, 3.8) is 0 Å². The fourth-order valence-electron chi connectivity index (χ4n) is 2.31. The van der Waals surface area contributed by atoms with Crippen LogP contribution in [-0.4, -0.2) is 17.5 Å². The molecular formula is C16H25NS. The molecule has 1 saturated heterocycles. The van der Waals surface area contributed by atoms with Crippen LogP contribution >= 0.6 is 11.8 Å². The van der Waals surface area contributed by atoms with E-state index in [2.05, 4.69) is 62.1 Å². The van der Waals surface area contributed by atoms with Gasteiger partial charge >= 0.3 is 0 Å². The maximum Gasteiger partial charge on any atom is 0.0205 e. The van der Waals surface area contributed by atoms with Crippen molar-refractivity contribution in [2.75, 3.05) is 12.3 Å². The molecule has 18 heavy (non-hydrogen) atoms. The molecule has 1 aliphatic heterocycles. The molecule has 1 atom stereocenters. The highest BCUT2D eigenvalue weighted by molar-refractivity contribution is 8.00. The zero-order valence-corrected chi connectivity index (χ0v) is 12.6. The minimum Gasteiger partial charge on any atom is -0.312 e. The van der Waals surface area contributed by atoms with Crippen LogP contribution in [0, 0.1) is 0 Å². The molecule has 0 aromatic heterocycles. The summed E-state index contributed by atoms with van der Waals surface area (Å²) in [7, 11) is 0. The number of hydrogen-bond acceptors (Lipinski definition) is 2. The van der Waals surface area contributed by atoms with Crippen molar-refractivity contribution in [2.24, 2.45) is 0 Å². The summed E-state index contributed by atoms with van der Waals surface area (Å²) in [6, 6.07) is 9.05. The summed E-state index contributed by atoms with van der Waals surface area (Å²) in [5, 5.41) is 4.43. The zero-order valence-electron chi connectivity index (χ0n) is 11.8. The van der Waals surface area contributed by atoms with Crippen molar-refractivity contribution in [3.8, 4) is 0 Å². The highest BCUT2D eigenvalue weighted by Crippen LogP contribution is 2.25. The fourth-order valence-corrected chi connectivity index (χ4v) is 3.54. The molecule has 1 fully saturated rings. The molecule has 2 heteroatoms. The molecule has 0 amide bonds. The third-order valence-electron chi connectivity index (χ3n) is 3.55. The Bertz CT molecular complexity index is 358. The van der Waals surface area contributed by atoms with E-state index in [1.807, 2.05) is 0 Å². The molecular weight excluding hydrogens is 238 g/mol. The second-order valence-electron chi connectivity index (χ2n) is 6.21. The normalized spacial score (nSPS) is 20.3. The summed E-state index contributed by atoms with van der Waals surface area (Å²) in [4.78, 5) is 0. The molecule has 1 heterocycles. The Labute approximate surface area is 116 Å².